The van der Waals surface area contributed by atoms with Gasteiger partial charge in [0.2, 0.25) is 11.8 Å². The molecule has 0 heterocycles. The fourth-order valence-corrected chi connectivity index (χ4v) is 2.73. The molecule has 0 aliphatic rings. The van der Waals surface area contributed by atoms with Gasteiger partial charge in [-0.3, -0.25) is 9.59 Å². The van der Waals surface area contributed by atoms with Crippen molar-refractivity contribution in [3.63, 3.8) is 0 Å². The first-order valence-corrected chi connectivity index (χ1v) is 7.78. The fourth-order valence-electron chi connectivity index (χ4n) is 2.18. The zero-order chi connectivity index (χ0) is 16.8. The Kier molecular flexibility index (Phi) is 6.02. The van der Waals surface area contributed by atoms with Crippen molar-refractivity contribution in [3.05, 3.63) is 69.7 Å². The molecule has 23 heavy (non-hydrogen) atoms. The van der Waals surface area contributed by atoms with Crippen LogP contribution in [0.1, 0.15) is 11.1 Å². The summed E-state index contributed by atoms with van der Waals surface area (Å²) in [6.07, 6.45) is 0.315. The van der Waals surface area contributed by atoms with Crippen LogP contribution in [0.5, 0.6) is 0 Å². The molecule has 0 fully saturated rings. The van der Waals surface area contributed by atoms with Crippen molar-refractivity contribution < 1.29 is 9.59 Å². The van der Waals surface area contributed by atoms with E-state index in [1.54, 1.807) is 18.2 Å². The average molecular weight is 351 g/mol. The Balaban J connectivity index is 2.07. The van der Waals surface area contributed by atoms with Gasteiger partial charge < -0.3 is 11.1 Å². The molecule has 0 bridgehead atoms. The van der Waals surface area contributed by atoms with Crippen LogP contribution in [0.15, 0.2) is 48.5 Å². The van der Waals surface area contributed by atoms with Crippen molar-refractivity contribution in [2.24, 2.45) is 5.73 Å². The van der Waals surface area contributed by atoms with Gasteiger partial charge >= 0.3 is 0 Å². The molecule has 0 aromatic heterocycles. The third-order valence-electron chi connectivity index (χ3n) is 3.36. The van der Waals surface area contributed by atoms with Crippen LogP contribution in [0.3, 0.4) is 0 Å². The van der Waals surface area contributed by atoms with Crippen molar-refractivity contribution in [1.82, 2.24) is 5.32 Å². The first-order valence-electron chi connectivity index (χ1n) is 7.03. The molecule has 4 nitrogen and oxygen atoms in total. The molecule has 1 atom stereocenters. The lowest BCUT2D eigenvalue weighted by molar-refractivity contribution is -0.127. The molecule has 0 saturated carbocycles. The Hall–Kier alpha value is -2.04. The van der Waals surface area contributed by atoms with Gasteiger partial charge in [-0.2, -0.15) is 0 Å². The van der Waals surface area contributed by atoms with E-state index in [1.807, 2.05) is 30.3 Å². The molecule has 0 saturated heterocycles. The molecule has 0 aliphatic heterocycles. The molecule has 0 unspecified atom stereocenters. The van der Waals surface area contributed by atoms with Crippen LogP contribution in [0.25, 0.3) is 0 Å². The molecule has 2 amide bonds. The Morgan fingerprint density at radius 3 is 2.17 bits per heavy atom. The Bertz CT molecular complexity index is 685. The number of benzene rings is 2. The van der Waals surface area contributed by atoms with Gasteiger partial charge in [0.1, 0.15) is 6.04 Å². The Labute approximate surface area is 144 Å². The largest absolute Gasteiger partial charge is 0.368 e. The third kappa shape index (κ3) is 4.98. The van der Waals surface area contributed by atoms with Gasteiger partial charge in [0.05, 0.1) is 6.42 Å². The SMILES string of the molecule is NC(=O)[C@H](Cc1c(Cl)cccc1Cl)NC(=O)Cc1ccccc1. The quantitative estimate of drug-likeness (QED) is 0.840. The van der Waals surface area contributed by atoms with Gasteiger partial charge in [0.15, 0.2) is 0 Å². The number of hydrogen-bond donors (Lipinski definition) is 2. The molecule has 0 radical (unpaired) electrons. The van der Waals surface area contributed by atoms with E-state index in [0.717, 1.165) is 5.56 Å². The number of rotatable bonds is 6. The van der Waals surface area contributed by atoms with E-state index in [9.17, 15) is 9.59 Å². The van der Waals surface area contributed by atoms with Crippen LogP contribution < -0.4 is 11.1 Å². The number of halogens is 2. The first-order chi connectivity index (χ1) is 11.0. The molecule has 120 valence electrons. The molecule has 2 rings (SSSR count). The summed E-state index contributed by atoms with van der Waals surface area (Å²) in [5.74, 6) is -0.925. The second-order valence-electron chi connectivity index (χ2n) is 5.09. The smallest absolute Gasteiger partial charge is 0.240 e. The highest BCUT2D eigenvalue weighted by Gasteiger charge is 2.21. The van der Waals surface area contributed by atoms with Crippen LogP contribution >= 0.6 is 23.2 Å². The average Bonchev–Trinajstić information content (AvgIpc) is 2.50. The van der Waals surface area contributed by atoms with E-state index in [0.29, 0.717) is 15.6 Å². The lowest BCUT2D eigenvalue weighted by Gasteiger charge is -2.17. The van der Waals surface area contributed by atoms with E-state index in [1.165, 1.54) is 0 Å². The van der Waals surface area contributed by atoms with Gasteiger partial charge in [0, 0.05) is 16.5 Å². The van der Waals surface area contributed by atoms with E-state index in [-0.39, 0.29) is 18.7 Å². The van der Waals surface area contributed by atoms with Crippen molar-refractivity contribution in [1.29, 1.82) is 0 Å². The normalized spacial score (nSPS) is 11.7. The zero-order valence-electron chi connectivity index (χ0n) is 12.3. The summed E-state index contributed by atoms with van der Waals surface area (Å²) in [5, 5.41) is 3.50. The lowest BCUT2D eigenvalue weighted by Crippen LogP contribution is -2.46. The molecule has 0 spiro atoms. The lowest BCUT2D eigenvalue weighted by atomic mass is 10.0. The first kappa shape index (κ1) is 17.3. The molecule has 6 heteroatoms. The second kappa shape index (κ2) is 7.99. The number of hydrogen-bond acceptors (Lipinski definition) is 2. The van der Waals surface area contributed by atoms with Crippen molar-refractivity contribution in [2.45, 2.75) is 18.9 Å². The van der Waals surface area contributed by atoms with Crippen LogP contribution in [0, 0.1) is 0 Å². The third-order valence-corrected chi connectivity index (χ3v) is 4.06. The van der Waals surface area contributed by atoms with Crippen LogP contribution in [-0.2, 0) is 22.4 Å². The molecular formula is C17H16Cl2N2O2. The van der Waals surface area contributed by atoms with Crippen LogP contribution in [0.2, 0.25) is 10.0 Å². The summed E-state index contributed by atoms with van der Waals surface area (Å²) < 4.78 is 0. The van der Waals surface area contributed by atoms with E-state index < -0.39 is 11.9 Å². The summed E-state index contributed by atoms with van der Waals surface area (Å²) in [4.78, 5) is 23.7. The molecule has 3 N–H and O–H groups in total. The maximum absolute atomic E-state index is 12.1. The van der Waals surface area contributed by atoms with Crippen molar-refractivity contribution in [3.8, 4) is 0 Å². The maximum Gasteiger partial charge on any atom is 0.240 e. The highest BCUT2D eigenvalue weighted by Crippen LogP contribution is 2.25. The predicted molar refractivity (Wildman–Crippen MR) is 91.4 cm³/mol. The topological polar surface area (TPSA) is 72.2 Å². The number of carbonyl (C=O) groups excluding carboxylic acids is 2. The van der Waals surface area contributed by atoms with Gasteiger partial charge in [-0.05, 0) is 23.3 Å². The minimum Gasteiger partial charge on any atom is -0.368 e. The summed E-state index contributed by atoms with van der Waals surface area (Å²) in [6.45, 7) is 0. The number of nitrogens with two attached hydrogens (primary N) is 1. The molecule has 2 aromatic carbocycles. The Morgan fingerprint density at radius 1 is 1.00 bits per heavy atom. The Morgan fingerprint density at radius 2 is 1.61 bits per heavy atom. The van der Waals surface area contributed by atoms with Crippen molar-refractivity contribution in [2.75, 3.05) is 0 Å². The van der Waals surface area contributed by atoms with E-state index in [2.05, 4.69) is 5.32 Å². The van der Waals surface area contributed by atoms with Gasteiger partial charge in [-0.15, -0.1) is 0 Å². The zero-order valence-corrected chi connectivity index (χ0v) is 13.8. The molecular weight excluding hydrogens is 335 g/mol. The summed E-state index contributed by atoms with van der Waals surface area (Å²) in [6, 6.07) is 13.4. The minimum atomic E-state index is -0.872. The predicted octanol–water partition coefficient (Wildman–Crippen LogP) is 2.75. The van der Waals surface area contributed by atoms with Crippen molar-refractivity contribution >= 4 is 35.0 Å². The van der Waals surface area contributed by atoms with E-state index >= 15 is 0 Å². The van der Waals surface area contributed by atoms with Gasteiger partial charge in [-0.25, -0.2) is 0 Å². The standard InChI is InChI=1S/C17H16Cl2N2O2/c18-13-7-4-8-14(19)12(13)10-15(17(20)23)21-16(22)9-11-5-2-1-3-6-11/h1-8,15H,9-10H2,(H2,20,23)(H,21,22)/t15-/m0/s1. The maximum atomic E-state index is 12.1. The summed E-state index contributed by atoms with van der Waals surface area (Å²) >= 11 is 12.2. The fraction of sp³-hybridized carbons (Fsp3) is 0.176. The molecule has 2 aromatic rings. The highest BCUT2D eigenvalue weighted by molar-refractivity contribution is 6.36. The van der Waals surface area contributed by atoms with Crippen LogP contribution in [0.4, 0.5) is 0 Å². The van der Waals surface area contributed by atoms with E-state index in [4.69, 9.17) is 28.9 Å². The molecule has 0 aliphatic carbocycles. The van der Waals surface area contributed by atoms with Gasteiger partial charge in [0.25, 0.3) is 0 Å². The number of primary amides is 1. The number of carbonyl (C=O) groups is 2. The number of nitrogens with one attached hydrogen (secondary N) is 1. The highest BCUT2D eigenvalue weighted by atomic mass is 35.5. The minimum absolute atomic E-state index is 0.147. The monoisotopic (exact) mass is 350 g/mol. The number of amides is 2. The second-order valence-corrected chi connectivity index (χ2v) is 5.90. The van der Waals surface area contributed by atoms with Gasteiger partial charge in [-0.1, -0.05) is 59.6 Å². The van der Waals surface area contributed by atoms with Crippen LogP contribution in [-0.4, -0.2) is 17.9 Å². The summed E-state index contributed by atoms with van der Waals surface area (Å²) in [7, 11) is 0. The summed E-state index contributed by atoms with van der Waals surface area (Å²) in [5.41, 5.74) is 6.82.